The van der Waals surface area contributed by atoms with Crippen LogP contribution in [0.15, 0.2) is 47.7 Å². The fraction of sp³-hybridized carbons (Fsp3) is 0.333. The van der Waals surface area contributed by atoms with Gasteiger partial charge in [-0.25, -0.2) is 4.98 Å². The van der Waals surface area contributed by atoms with Crippen LogP contribution in [0.25, 0.3) is 10.9 Å². The molecule has 0 atom stereocenters. The SMILES string of the molecule is Cn1ccnc(N2CCC(Oc3cccc4[nH]ccc34)CC2)c1=O. The zero-order valence-corrected chi connectivity index (χ0v) is 13.6. The van der Waals surface area contributed by atoms with Gasteiger partial charge in [0.1, 0.15) is 11.9 Å². The lowest BCUT2D eigenvalue weighted by molar-refractivity contribution is 0.173. The van der Waals surface area contributed by atoms with Gasteiger partial charge in [-0.05, 0) is 18.2 Å². The summed E-state index contributed by atoms with van der Waals surface area (Å²) in [6, 6.07) is 8.09. The Bertz CT molecular complexity index is 907. The number of aromatic amines is 1. The van der Waals surface area contributed by atoms with Crippen molar-refractivity contribution in [2.45, 2.75) is 18.9 Å². The number of hydrogen-bond donors (Lipinski definition) is 1. The Labute approximate surface area is 139 Å². The number of nitrogens with zero attached hydrogens (tertiary/aromatic N) is 3. The van der Waals surface area contributed by atoms with Crippen molar-refractivity contribution in [2.24, 2.45) is 7.05 Å². The number of anilines is 1. The van der Waals surface area contributed by atoms with Crippen molar-refractivity contribution < 1.29 is 4.74 Å². The molecule has 6 nitrogen and oxygen atoms in total. The van der Waals surface area contributed by atoms with E-state index in [9.17, 15) is 4.79 Å². The highest BCUT2D eigenvalue weighted by Crippen LogP contribution is 2.27. The van der Waals surface area contributed by atoms with E-state index in [0.29, 0.717) is 5.82 Å². The Balaban J connectivity index is 1.46. The van der Waals surface area contributed by atoms with Crippen LogP contribution in [-0.4, -0.2) is 33.7 Å². The molecule has 1 fully saturated rings. The summed E-state index contributed by atoms with van der Waals surface area (Å²) < 4.78 is 7.78. The Kier molecular flexibility index (Phi) is 3.72. The van der Waals surface area contributed by atoms with Crippen LogP contribution in [0.5, 0.6) is 5.75 Å². The molecule has 3 aromatic rings. The highest BCUT2D eigenvalue weighted by Gasteiger charge is 2.23. The number of nitrogens with one attached hydrogen (secondary N) is 1. The van der Waals surface area contributed by atoms with Crippen LogP contribution >= 0.6 is 0 Å². The molecular weight excluding hydrogens is 304 g/mol. The van der Waals surface area contributed by atoms with Crippen molar-refractivity contribution in [1.82, 2.24) is 14.5 Å². The fourth-order valence-electron chi connectivity index (χ4n) is 3.23. The van der Waals surface area contributed by atoms with Crippen molar-refractivity contribution >= 4 is 16.7 Å². The summed E-state index contributed by atoms with van der Waals surface area (Å²) in [7, 11) is 1.75. The molecule has 3 heterocycles. The van der Waals surface area contributed by atoms with Crippen LogP contribution in [0.3, 0.4) is 0 Å². The van der Waals surface area contributed by atoms with Crippen LogP contribution in [-0.2, 0) is 7.05 Å². The van der Waals surface area contributed by atoms with Crippen LogP contribution in [0.4, 0.5) is 5.82 Å². The van der Waals surface area contributed by atoms with E-state index >= 15 is 0 Å². The largest absolute Gasteiger partial charge is 0.490 e. The van der Waals surface area contributed by atoms with Crippen LogP contribution in [0.1, 0.15) is 12.8 Å². The van der Waals surface area contributed by atoms with E-state index in [1.165, 1.54) is 0 Å². The summed E-state index contributed by atoms with van der Waals surface area (Å²) in [5, 5.41) is 1.11. The van der Waals surface area contributed by atoms with Gasteiger partial charge < -0.3 is 19.2 Å². The number of fused-ring (bicyclic) bond motifs is 1. The summed E-state index contributed by atoms with van der Waals surface area (Å²) in [6.07, 6.45) is 7.19. The number of piperidine rings is 1. The van der Waals surface area contributed by atoms with Gasteiger partial charge in [0.25, 0.3) is 5.56 Å². The minimum absolute atomic E-state index is 0.0473. The molecule has 1 aliphatic rings. The van der Waals surface area contributed by atoms with Crippen molar-refractivity contribution in [3.8, 4) is 5.75 Å². The molecule has 6 heteroatoms. The highest BCUT2D eigenvalue weighted by molar-refractivity contribution is 5.85. The average Bonchev–Trinajstić information content (AvgIpc) is 3.08. The smallest absolute Gasteiger partial charge is 0.293 e. The number of rotatable bonds is 3. The first-order valence-corrected chi connectivity index (χ1v) is 8.22. The number of hydrogen-bond acceptors (Lipinski definition) is 4. The van der Waals surface area contributed by atoms with E-state index in [0.717, 1.165) is 42.6 Å². The van der Waals surface area contributed by atoms with E-state index in [1.807, 2.05) is 30.5 Å². The van der Waals surface area contributed by atoms with E-state index in [2.05, 4.69) is 14.9 Å². The maximum absolute atomic E-state index is 12.2. The summed E-state index contributed by atoms with van der Waals surface area (Å²) in [5.41, 5.74) is 1.04. The third kappa shape index (κ3) is 2.64. The van der Waals surface area contributed by atoms with Gasteiger partial charge in [0.2, 0.25) is 0 Å². The first-order chi connectivity index (χ1) is 11.7. The zero-order valence-electron chi connectivity index (χ0n) is 13.6. The molecule has 2 aromatic heterocycles. The second kappa shape index (κ2) is 6.03. The minimum Gasteiger partial charge on any atom is -0.490 e. The van der Waals surface area contributed by atoms with Gasteiger partial charge in [0.15, 0.2) is 5.82 Å². The van der Waals surface area contributed by atoms with Gasteiger partial charge in [-0.3, -0.25) is 4.79 Å². The standard InChI is InChI=1S/C18H20N4O2/c1-21-12-9-20-17(18(21)23)22-10-6-13(7-11-22)24-16-4-2-3-15-14(16)5-8-19-15/h2-5,8-9,12-13,19H,6-7,10-11H2,1H3. The number of aryl methyl sites for hydroxylation is 1. The summed E-state index contributed by atoms with van der Waals surface area (Å²) in [5.74, 6) is 1.45. The van der Waals surface area contributed by atoms with Crippen molar-refractivity contribution in [3.05, 3.63) is 53.2 Å². The van der Waals surface area contributed by atoms with Crippen LogP contribution < -0.4 is 15.2 Å². The molecule has 0 aliphatic carbocycles. The number of ether oxygens (including phenoxy) is 1. The molecule has 0 amide bonds. The van der Waals surface area contributed by atoms with E-state index in [4.69, 9.17) is 4.74 Å². The topological polar surface area (TPSA) is 63.1 Å². The van der Waals surface area contributed by atoms with E-state index in [1.54, 1.807) is 24.0 Å². The monoisotopic (exact) mass is 324 g/mol. The molecule has 1 N–H and O–H groups in total. The molecule has 1 saturated heterocycles. The molecule has 124 valence electrons. The van der Waals surface area contributed by atoms with Gasteiger partial charge in [0, 0.05) is 62.5 Å². The van der Waals surface area contributed by atoms with E-state index < -0.39 is 0 Å². The predicted octanol–water partition coefficient (Wildman–Crippen LogP) is 2.31. The minimum atomic E-state index is -0.0473. The van der Waals surface area contributed by atoms with Crippen molar-refractivity contribution in [2.75, 3.05) is 18.0 Å². The van der Waals surface area contributed by atoms with Crippen LogP contribution in [0.2, 0.25) is 0 Å². The highest BCUT2D eigenvalue weighted by atomic mass is 16.5. The third-order valence-electron chi connectivity index (χ3n) is 4.59. The molecule has 1 aliphatic heterocycles. The molecule has 24 heavy (non-hydrogen) atoms. The summed E-state index contributed by atoms with van der Waals surface area (Å²) in [6.45, 7) is 1.56. The van der Waals surface area contributed by atoms with Gasteiger partial charge in [-0.2, -0.15) is 0 Å². The second-order valence-corrected chi connectivity index (χ2v) is 6.17. The molecule has 0 radical (unpaired) electrons. The van der Waals surface area contributed by atoms with Gasteiger partial charge >= 0.3 is 0 Å². The lowest BCUT2D eigenvalue weighted by Crippen LogP contribution is -2.41. The molecule has 0 saturated carbocycles. The molecule has 1 aromatic carbocycles. The third-order valence-corrected chi connectivity index (χ3v) is 4.59. The van der Waals surface area contributed by atoms with Crippen molar-refractivity contribution in [3.63, 3.8) is 0 Å². The fourth-order valence-corrected chi connectivity index (χ4v) is 3.23. The Morgan fingerprint density at radius 3 is 2.92 bits per heavy atom. The molecule has 0 bridgehead atoms. The van der Waals surface area contributed by atoms with Gasteiger partial charge in [-0.15, -0.1) is 0 Å². The van der Waals surface area contributed by atoms with Crippen molar-refractivity contribution in [1.29, 1.82) is 0 Å². The Morgan fingerprint density at radius 1 is 1.25 bits per heavy atom. The molecule has 0 unspecified atom stereocenters. The maximum atomic E-state index is 12.2. The Hall–Kier alpha value is -2.76. The average molecular weight is 324 g/mol. The second-order valence-electron chi connectivity index (χ2n) is 6.17. The van der Waals surface area contributed by atoms with Crippen LogP contribution in [0, 0.1) is 0 Å². The molecule has 0 spiro atoms. The number of H-pyrrole nitrogens is 1. The van der Waals surface area contributed by atoms with Gasteiger partial charge in [-0.1, -0.05) is 6.07 Å². The normalized spacial score (nSPS) is 15.8. The summed E-state index contributed by atoms with van der Waals surface area (Å²) >= 11 is 0. The van der Waals surface area contributed by atoms with Gasteiger partial charge in [0.05, 0.1) is 0 Å². The number of aromatic nitrogens is 3. The quantitative estimate of drug-likeness (QED) is 0.803. The first kappa shape index (κ1) is 14.8. The predicted molar refractivity (Wildman–Crippen MR) is 93.6 cm³/mol. The maximum Gasteiger partial charge on any atom is 0.293 e. The summed E-state index contributed by atoms with van der Waals surface area (Å²) in [4.78, 5) is 21.7. The molecular formula is C18H20N4O2. The Morgan fingerprint density at radius 2 is 2.08 bits per heavy atom. The number of benzene rings is 1. The zero-order chi connectivity index (χ0) is 16.5. The lowest BCUT2D eigenvalue weighted by atomic mass is 10.1. The van der Waals surface area contributed by atoms with E-state index in [-0.39, 0.29) is 11.7 Å². The lowest BCUT2D eigenvalue weighted by Gasteiger charge is -2.32. The first-order valence-electron chi connectivity index (χ1n) is 8.22. The molecule has 4 rings (SSSR count).